The molecule has 0 radical (unpaired) electrons. The van der Waals surface area contributed by atoms with Crippen molar-refractivity contribution in [1.82, 2.24) is 20.4 Å². The number of nitrogens with one attached hydrogen (secondary N) is 2. The van der Waals surface area contributed by atoms with Gasteiger partial charge in [0.2, 0.25) is 5.91 Å². The molecule has 0 aliphatic rings. The predicted molar refractivity (Wildman–Crippen MR) is 112 cm³/mol. The summed E-state index contributed by atoms with van der Waals surface area (Å²) in [4.78, 5) is 28.5. The number of nitrogens with zero attached hydrogens (tertiary/aromatic N) is 2. The fourth-order valence-electron chi connectivity index (χ4n) is 3.03. The molecule has 0 aliphatic heterocycles. The van der Waals surface area contributed by atoms with Gasteiger partial charge in [-0.3, -0.25) is 25.0 Å². The molecule has 0 saturated carbocycles. The molecule has 156 valence electrons. The highest BCUT2D eigenvalue weighted by atomic mass is 19.1. The van der Waals surface area contributed by atoms with Crippen molar-refractivity contribution in [3.05, 3.63) is 96.5 Å². The van der Waals surface area contributed by atoms with Crippen molar-refractivity contribution in [2.45, 2.75) is 12.8 Å². The minimum Gasteiger partial charge on any atom is -0.461 e. The summed E-state index contributed by atoms with van der Waals surface area (Å²) in [5.74, 6) is 0.126. The highest BCUT2D eigenvalue weighted by Crippen LogP contribution is 2.22. The molecule has 2 aromatic carbocycles. The molecular weight excluding hydrogens is 399 g/mol. The molecule has 0 aliphatic carbocycles. The monoisotopic (exact) mass is 418 g/mol. The van der Waals surface area contributed by atoms with Gasteiger partial charge in [0.1, 0.15) is 23.0 Å². The Morgan fingerprint density at radius 2 is 1.74 bits per heavy atom. The average Bonchev–Trinajstić information content (AvgIpc) is 3.47. The predicted octanol–water partition coefficient (Wildman–Crippen LogP) is 3.67. The number of amides is 2. The van der Waals surface area contributed by atoms with Crippen LogP contribution >= 0.6 is 0 Å². The van der Waals surface area contributed by atoms with Crippen LogP contribution in [-0.4, -0.2) is 21.4 Å². The van der Waals surface area contributed by atoms with Crippen LogP contribution in [0, 0.1) is 5.82 Å². The van der Waals surface area contributed by atoms with Gasteiger partial charge in [0.15, 0.2) is 0 Å². The quantitative estimate of drug-likeness (QED) is 0.468. The topological polar surface area (TPSA) is 89.2 Å². The van der Waals surface area contributed by atoms with Gasteiger partial charge in [-0.25, -0.2) is 9.37 Å². The number of carbonyl (C=O) groups is 2. The Hall–Kier alpha value is -4.20. The molecule has 8 heteroatoms. The third-order valence-corrected chi connectivity index (χ3v) is 4.61. The van der Waals surface area contributed by atoms with E-state index in [-0.39, 0.29) is 23.8 Å². The summed E-state index contributed by atoms with van der Waals surface area (Å²) in [5, 5.41) is 0. The summed E-state index contributed by atoms with van der Waals surface area (Å²) in [6, 6.07) is 19.0. The number of rotatable bonds is 6. The van der Waals surface area contributed by atoms with Crippen molar-refractivity contribution in [1.29, 1.82) is 0 Å². The zero-order valence-electron chi connectivity index (χ0n) is 16.4. The maximum absolute atomic E-state index is 13.1. The maximum Gasteiger partial charge on any atom is 0.288 e. The molecule has 0 unspecified atom stereocenters. The smallest absolute Gasteiger partial charge is 0.288 e. The van der Waals surface area contributed by atoms with Crippen molar-refractivity contribution in [2.75, 3.05) is 0 Å². The Kier molecular flexibility index (Phi) is 5.89. The molecule has 2 heterocycles. The fraction of sp³-hybridized carbons (Fsp3) is 0.0870. The lowest BCUT2D eigenvalue weighted by molar-refractivity contribution is -0.121. The van der Waals surface area contributed by atoms with Crippen LogP contribution in [0.5, 0.6) is 0 Å². The summed E-state index contributed by atoms with van der Waals surface area (Å²) >= 11 is 0. The molecule has 2 amide bonds. The van der Waals surface area contributed by atoms with Crippen molar-refractivity contribution in [2.24, 2.45) is 0 Å². The standard InChI is InChI=1S/C23H19FN4O3/c24-17-6-8-18(9-7-17)28-15-25-14-20(28)23(30)27-26-22(29)13-11-19-10-12-21(31-19)16-4-2-1-3-5-16/h1-10,12,14-15H,11,13H2,(H,26,29)(H,27,30). The number of hydrogen-bond acceptors (Lipinski definition) is 4. The Morgan fingerprint density at radius 3 is 2.52 bits per heavy atom. The van der Waals surface area contributed by atoms with Gasteiger partial charge in [-0.05, 0) is 36.4 Å². The van der Waals surface area contributed by atoms with Crippen molar-refractivity contribution < 1.29 is 18.4 Å². The van der Waals surface area contributed by atoms with Crippen LogP contribution in [0.15, 0.2) is 83.7 Å². The molecule has 2 N–H and O–H groups in total. The molecule has 2 aromatic heterocycles. The second-order valence-electron chi connectivity index (χ2n) is 6.76. The van der Waals surface area contributed by atoms with Gasteiger partial charge in [0.25, 0.3) is 5.91 Å². The number of halogens is 1. The van der Waals surface area contributed by atoms with E-state index in [0.29, 0.717) is 17.9 Å². The van der Waals surface area contributed by atoms with E-state index in [1.54, 1.807) is 0 Å². The third kappa shape index (κ3) is 4.87. The van der Waals surface area contributed by atoms with Crippen LogP contribution in [-0.2, 0) is 11.2 Å². The normalized spacial score (nSPS) is 10.6. The van der Waals surface area contributed by atoms with Crippen molar-refractivity contribution in [3.8, 4) is 17.0 Å². The maximum atomic E-state index is 13.1. The summed E-state index contributed by atoms with van der Waals surface area (Å²) in [5.41, 5.74) is 6.49. The summed E-state index contributed by atoms with van der Waals surface area (Å²) in [7, 11) is 0. The molecule has 0 spiro atoms. The highest BCUT2D eigenvalue weighted by molar-refractivity contribution is 5.94. The van der Waals surface area contributed by atoms with Gasteiger partial charge in [0.05, 0.1) is 12.5 Å². The Bertz CT molecular complexity index is 1180. The zero-order chi connectivity index (χ0) is 21.6. The van der Waals surface area contributed by atoms with E-state index in [1.807, 2.05) is 42.5 Å². The third-order valence-electron chi connectivity index (χ3n) is 4.61. The number of imidazole rings is 1. The second kappa shape index (κ2) is 9.08. The SMILES string of the molecule is O=C(CCc1ccc(-c2ccccc2)o1)NNC(=O)c1cncn1-c1ccc(F)cc1. The van der Waals surface area contributed by atoms with Crippen LogP contribution in [0.2, 0.25) is 0 Å². The first kappa shape index (κ1) is 20.1. The van der Waals surface area contributed by atoms with Crippen LogP contribution in [0.1, 0.15) is 22.7 Å². The zero-order valence-corrected chi connectivity index (χ0v) is 16.4. The van der Waals surface area contributed by atoms with E-state index >= 15 is 0 Å². The highest BCUT2D eigenvalue weighted by Gasteiger charge is 2.14. The Morgan fingerprint density at radius 1 is 0.968 bits per heavy atom. The molecule has 31 heavy (non-hydrogen) atoms. The number of hydrazine groups is 1. The summed E-state index contributed by atoms with van der Waals surface area (Å²) in [6.45, 7) is 0. The molecule has 0 saturated heterocycles. The first-order chi connectivity index (χ1) is 15.1. The van der Waals surface area contributed by atoms with Gasteiger partial charge in [-0.15, -0.1) is 0 Å². The van der Waals surface area contributed by atoms with Crippen LogP contribution in [0.4, 0.5) is 4.39 Å². The van der Waals surface area contributed by atoms with Crippen LogP contribution in [0.3, 0.4) is 0 Å². The van der Waals surface area contributed by atoms with E-state index in [2.05, 4.69) is 15.8 Å². The first-order valence-electron chi connectivity index (χ1n) is 9.62. The fourth-order valence-corrected chi connectivity index (χ4v) is 3.03. The second-order valence-corrected chi connectivity index (χ2v) is 6.76. The Labute approximate surface area is 177 Å². The van der Waals surface area contributed by atoms with E-state index < -0.39 is 5.91 Å². The Balaban J connectivity index is 1.30. The lowest BCUT2D eigenvalue weighted by Crippen LogP contribution is -2.42. The molecule has 0 bridgehead atoms. The van der Waals surface area contributed by atoms with Gasteiger partial charge in [-0.2, -0.15) is 0 Å². The van der Waals surface area contributed by atoms with Gasteiger partial charge < -0.3 is 4.42 Å². The molecule has 4 rings (SSSR count). The number of hydrogen-bond donors (Lipinski definition) is 2. The van der Waals surface area contributed by atoms with E-state index in [9.17, 15) is 14.0 Å². The molecule has 0 atom stereocenters. The molecule has 0 fully saturated rings. The molecule has 4 aromatic rings. The minimum atomic E-state index is -0.542. The molecular formula is C23H19FN4O3. The largest absolute Gasteiger partial charge is 0.461 e. The van der Waals surface area contributed by atoms with E-state index in [0.717, 1.165) is 11.3 Å². The first-order valence-corrected chi connectivity index (χ1v) is 9.62. The van der Waals surface area contributed by atoms with Crippen molar-refractivity contribution in [3.63, 3.8) is 0 Å². The van der Waals surface area contributed by atoms with Gasteiger partial charge >= 0.3 is 0 Å². The summed E-state index contributed by atoms with van der Waals surface area (Å²) in [6.07, 6.45) is 3.32. The van der Waals surface area contributed by atoms with Gasteiger partial charge in [-0.1, -0.05) is 30.3 Å². The molecule has 7 nitrogen and oxygen atoms in total. The minimum absolute atomic E-state index is 0.138. The lowest BCUT2D eigenvalue weighted by atomic mass is 10.2. The number of furan rings is 1. The summed E-state index contributed by atoms with van der Waals surface area (Å²) < 4.78 is 20.4. The van der Waals surface area contributed by atoms with Crippen molar-refractivity contribution >= 4 is 11.8 Å². The lowest BCUT2D eigenvalue weighted by Gasteiger charge is -2.10. The van der Waals surface area contributed by atoms with Gasteiger partial charge in [0, 0.05) is 24.1 Å². The number of aromatic nitrogens is 2. The number of carbonyl (C=O) groups excluding carboxylic acids is 2. The number of aryl methyl sites for hydroxylation is 1. The van der Waals surface area contributed by atoms with Crippen LogP contribution in [0.25, 0.3) is 17.0 Å². The van der Waals surface area contributed by atoms with Crippen LogP contribution < -0.4 is 10.9 Å². The number of benzene rings is 2. The van der Waals surface area contributed by atoms with E-state index in [1.165, 1.54) is 41.4 Å². The van der Waals surface area contributed by atoms with E-state index in [4.69, 9.17) is 4.42 Å². The average molecular weight is 418 g/mol.